The zero-order valence-corrected chi connectivity index (χ0v) is 8.46. The van der Waals surface area contributed by atoms with E-state index >= 15 is 0 Å². The van der Waals surface area contributed by atoms with E-state index in [1.807, 2.05) is 6.07 Å². The van der Waals surface area contributed by atoms with E-state index in [2.05, 4.69) is 36.4 Å². The van der Waals surface area contributed by atoms with Gasteiger partial charge in [0.05, 0.1) is 6.54 Å². The molecule has 14 heavy (non-hydrogen) atoms. The molecule has 0 aliphatic heterocycles. The zero-order chi connectivity index (χ0) is 10.4. The third-order valence-corrected chi connectivity index (χ3v) is 2.13. The van der Waals surface area contributed by atoms with E-state index in [0.717, 1.165) is 0 Å². The Morgan fingerprint density at radius 1 is 1.57 bits per heavy atom. The van der Waals surface area contributed by atoms with Gasteiger partial charge in [0.1, 0.15) is 0 Å². The molecule has 0 aliphatic rings. The summed E-state index contributed by atoms with van der Waals surface area (Å²) in [4.78, 5) is 0. The summed E-state index contributed by atoms with van der Waals surface area (Å²) in [5.74, 6) is 2.55. The summed E-state index contributed by atoms with van der Waals surface area (Å²) in [6.07, 6.45) is 5.19. The summed E-state index contributed by atoms with van der Waals surface area (Å²) >= 11 is 0. The van der Waals surface area contributed by atoms with Gasteiger partial charge in [0, 0.05) is 12.6 Å². The minimum Gasteiger partial charge on any atom is -0.329 e. The zero-order valence-electron chi connectivity index (χ0n) is 8.46. The van der Waals surface area contributed by atoms with Gasteiger partial charge in [-0.3, -0.25) is 5.32 Å². The lowest BCUT2D eigenvalue weighted by molar-refractivity contribution is 0.582. The fourth-order valence-corrected chi connectivity index (χ4v) is 1.41. The summed E-state index contributed by atoms with van der Waals surface area (Å²) in [5, 5.41) is 3.20. The summed E-state index contributed by atoms with van der Waals surface area (Å²) in [5.41, 5.74) is 8.10. The van der Waals surface area contributed by atoms with Crippen LogP contribution in [0.3, 0.4) is 0 Å². The fraction of sp³-hybridized carbons (Fsp3) is 0.333. The summed E-state index contributed by atoms with van der Waals surface area (Å²) in [7, 11) is 0. The van der Waals surface area contributed by atoms with Crippen LogP contribution in [0.2, 0.25) is 0 Å². The van der Waals surface area contributed by atoms with E-state index in [4.69, 9.17) is 12.2 Å². The van der Waals surface area contributed by atoms with E-state index < -0.39 is 0 Å². The van der Waals surface area contributed by atoms with E-state index in [1.165, 1.54) is 11.1 Å². The van der Waals surface area contributed by atoms with E-state index in [0.29, 0.717) is 13.1 Å². The topological polar surface area (TPSA) is 38.0 Å². The summed E-state index contributed by atoms with van der Waals surface area (Å²) < 4.78 is 0. The van der Waals surface area contributed by atoms with Crippen LogP contribution in [0.4, 0.5) is 0 Å². The standard InChI is InChI=1S/C12H16N2/c1-3-7-14-12(9-13)11-6-4-5-10(2)8-11/h1,4-6,8,12,14H,7,9,13H2,2H3. The predicted octanol–water partition coefficient (Wildman–Crippen LogP) is 1.22. The highest BCUT2D eigenvalue weighted by Crippen LogP contribution is 2.12. The van der Waals surface area contributed by atoms with Gasteiger partial charge in [-0.25, -0.2) is 0 Å². The van der Waals surface area contributed by atoms with Crippen LogP contribution >= 0.6 is 0 Å². The van der Waals surface area contributed by atoms with Crippen molar-refractivity contribution >= 4 is 0 Å². The van der Waals surface area contributed by atoms with Crippen molar-refractivity contribution in [1.29, 1.82) is 0 Å². The van der Waals surface area contributed by atoms with Crippen LogP contribution in [0.15, 0.2) is 24.3 Å². The Hall–Kier alpha value is -1.30. The first-order valence-electron chi connectivity index (χ1n) is 4.71. The number of hydrogen-bond donors (Lipinski definition) is 2. The molecule has 1 aromatic carbocycles. The Bertz CT molecular complexity index is 325. The molecule has 0 bridgehead atoms. The molecular formula is C12H16N2. The van der Waals surface area contributed by atoms with Crippen molar-refractivity contribution in [2.75, 3.05) is 13.1 Å². The highest BCUT2D eigenvalue weighted by Gasteiger charge is 2.07. The van der Waals surface area contributed by atoms with Gasteiger partial charge in [-0.15, -0.1) is 6.42 Å². The Balaban J connectivity index is 2.74. The van der Waals surface area contributed by atoms with E-state index in [1.54, 1.807) is 0 Å². The van der Waals surface area contributed by atoms with Crippen molar-refractivity contribution in [1.82, 2.24) is 5.32 Å². The molecule has 0 heterocycles. The molecule has 0 fully saturated rings. The Morgan fingerprint density at radius 3 is 2.93 bits per heavy atom. The normalized spacial score (nSPS) is 12.1. The molecular weight excluding hydrogens is 172 g/mol. The molecule has 0 amide bonds. The molecule has 3 N–H and O–H groups in total. The Morgan fingerprint density at radius 2 is 2.36 bits per heavy atom. The van der Waals surface area contributed by atoms with Gasteiger partial charge in [0.15, 0.2) is 0 Å². The van der Waals surface area contributed by atoms with Crippen molar-refractivity contribution in [2.45, 2.75) is 13.0 Å². The number of nitrogens with two attached hydrogens (primary N) is 1. The average Bonchev–Trinajstić information content (AvgIpc) is 2.19. The first kappa shape index (κ1) is 10.8. The van der Waals surface area contributed by atoms with Crippen LogP contribution in [0.5, 0.6) is 0 Å². The SMILES string of the molecule is C#CCNC(CN)c1cccc(C)c1. The Kier molecular flexibility index (Phi) is 4.18. The van der Waals surface area contributed by atoms with Crippen molar-refractivity contribution in [3.05, 3.63) is 35.4 Å². The minimum absolute atomic E-state index is 0.158. The molecule has 0 spiro atoms. The van der Waals surface area contributed by atoms with Gasteiger partial charge >= 0.3 is 0 Å². The van der Waals surface area contributed by atoms with Crippen molar-refractivity contribution in [2.24, 2.45) is 5.73 Å². The number of aryl methyl sites for hydroxylation is 1. The van der Waals surface area contributed by atoms with E-state index in [-0.39, 0.29) is 6.04 Å². The Labute approximate surface area is 85.5 Å². The van der Waals surface area contributed by atoms with Crippen LogP contribution in [0.1, 0.15) is 17.2 Å². The molecule has 2 nitrogen and oxygen atoms in total. The van der Waals surface area contributed by atoms with Crippen molar-refractivity contribution < 1.29 is 0 Å². The molecule has 1 atom stereocenters. The maximum absolute atomic E-state index is 5.66. The van der Waals surface area contributed by atoms with Gasteiger partial charge in [0.25, 0.3) is 0 Å². The second-order valence-electron chi connectivity index (χ2n) is 3.29. The first-order valence-corrected chi connectivity index (χ1v) is 4.71. The molecule has 0 aliphatic carbocycles. The fourth-order valence-electron chi connectivity index (χ4n) is 1.41. The molecule has 0 saturated carbocycles. The second kappa shape index (κ2) is 5.43. The smallest absolute Gasteiger partial charge is 0.0578 e. The lowest BCUT2D eigenvalue weighted by Gasteiger charge is -2.15. The molecule has 1 unspecified atom stereocenters. The molecule has 1 aromatic rings. The van der Waals surface area contributed by atoms with Gasteiger partial charge in [-0.1, -0.05) is 35.7 Å². The number of nitrogens with one attached hydrogen (secondary N) is 1. The maximum atomic E-state index is 5.66. The molecule has 2 heteroatoms. The number of hydrogen-bond acceptors (Lipinski definition) is 2. The predicted molar refractivity (Wildman–Crippen MR) is 59.8 cm³/mol. The molecule has 74 valence electrons. The maximum Gasteiger partial charge on any atom is 0.0578 e. The molecule has 0 radical (unpaired) electrons. The summed E-state index contributed by atoms with van der Waals surface area (Å²) in [6, 6.07) is 8.45. The van der Waals surface area contributed by atoms with Gasteiger partial charge in [-0.05, 0) is 12.5 Å². The minimum atomic E-state index is 0.158. The van der Waals surface area contributed by atoms with Crippen molar-refractivity contribution in [3.63, 3.8) is 0 Å². The van der Waals surface area contributed by atoms with Gasteiger partial charge < -0.3 is 5.73 Å². The van der Waals surface area contributed by atoms with Crippen LogP contribution in [0.25, 0.3) is 0 Å². The largest absolute Gasteiger partial charge is 0.329 e. The first-order chi connectivity index (χ1) is 6.77. The molecule has 0 aromatic heterocycles. The van der Waals surface area contributed by atoms with Crippen LogP contribution in [-0.2, 0) is 0 Å². The second-order valence-corrected chi connectivity index (χ2v) is 3.29. The third kappa shape index (κ3) is 2.88. The highest BCUT2D eigenvalue weighted by molar-refractivity contribution is 5.25. The average molecular weight is 188 g/mol. The lowest BCUT2D eigenvalue weighted by atomic mass is 10.0. The molecule has 0 saturated heterocycles. The van der Waals surface area contributed by atoms with Crippen LogP contribution in [-0.4, -0.2) is 13.1 Å². The van der Waals surface area contributed by atoms with Gasteiger partial charge in [0.2, 0.25) is 0 Å². The monoisotopic (exact) mass is 188 g/mol. The molecule has 1 rings (SSSR count). The lowest BCUT2D eigenvalue weighted by Crippen LogP contribution is -2.28. The number of benzene rings is 1. The highest BCUT2D eigenvalue weighted by atomic mass is 14.9. The van der Waals surface area contributed by atoms with Crippen LogP contribution in [0, 0.1) is 19.3 Å². The number of rotatable bonds is 4. The number of terminal acetylenes is 1. The summed E-state index contributed by atoms with van der Waals surface area (Å²) in [6.45, 7) is 3.18. The quantitative estimate of drug-likeness (QED) is 0.697. The van der Waals surface area contributed by atoms with Crippen molar-refractivity contribution in [3.8, 4) is 12.3 Å². The van der Waals surface area contributed by atoms with Gasteiger partial charge in [-0.2, -0.15) is 0 Å². The van der Waals surface area contributed by atoms with E-state index in [9.17, 15) is 0 Å². The third-order valence-electron chi connectivity index (χ3n) is 2.13. The van der Waals surface area contributed by atoms with Crippen LogP contribution < -0.4 is 11.1 Å².